The second-order valence-electron chi connectivity index (χ2n) is 4.19. The molecule has 82 valence electrons. The van der Waals surface area contributed by atoms with Gasteiger partial charge in [0.2, 0.25) is 0 Å². The third-order valence-electron chi connectivity index (χ3n) is 2.79. The lowest BCUT2D eigenvalue weighted by molar-refractivity contribution is 0.535. The molecule has 1 saturated carbocycles. The molecule has 2 heteroatoms. The van der Waals surface area contributed by atoms with Crippen molar-refractivity contribution < 1.29 is 0 Å². The molecule has 1 nitrogen and oxygen atoms in total. The molecule has 2 unspecified atom stereocenters. The van der Waals surface area contributed by atoms with E-state index in [1.165, 1.54) is 30.6 Å². The molecule has 1 fully saturated rings. The van der Waals surface area contributed by atoms with Crippen LogP contribution in [0.4, 0.5) is 0 Å². The number of nitrogens with one attached hydrogen (secondary N) is 1. The van der Waals surface area contributed by atoms with Crippen molar-refractivity contribution in [3.8, 4) is 0 Å². The molecule has 1 aliphatic carbocycles. The van der Waals surface area contributed by atoms with Crippen LogP contribution in [0.3, 0.4) is 0 Å². The van der Waals surface area contributed by atoms with Gasteiger partial charge in [0.25, 0.3) is 0 Å². The van der Waals surface area contributed by atoms with Crippen molar-refractivity contribution in [3.63, 3.8) is 0 Å². The zero-order valence-electron chi connectivity index (χ0n) is 9.51. The zero-order valence-corrected chi connectivity index (χ0v) is 10.3. The lowest BCUT2D eigenvalue weighted by Gasteiger charge is -2.20. The van der Waals surface area contributed by atoms with Crippen LogP contribution < -0.4 is 5.32 Å². The molecule has 0 amide bonds. The first-order chi connectivity index (χ1) is 6.74. The van der Waals surface area contributed by atoms with E-state index in [2.05, 4.69) is 37.5 Å². The predicted molar refractivity (Wildman–Crippen MR) is 67.0 cm³/mol. The highest BCUT2D eigenvalue weighted by Crippen LogP contribution is 2.29. The fourth-order valence-corrected chi connectivity index (χ4v) is 3.27. The molecule has 0 aromatic rings. The van der Waals surface area contributed by atoms with E-state index < -0.39 is 0 Å². The molecule has 1 aliphatic rings. The SMILES string of the molecule is C=C(C)CCNC1CCCC1SCC. The molecular formula is C12H23NS. The second-order valence-corrected chi connectivity index (χ2v) is 5.71. The molecule has 1 rings (SSSR count). The molecule has 0 aromatic heterocycles. The third-order valence-corrected chi connectivity index (χ3v) is 4.12. The molecule has 0 saturated heterocycles. The molecular weight excluding hydrogens is 190 g/mol. The van der Waals surface area contributed by atoms with Crippen molar-refractivity contribution in [1.82, 2.24) is 5.32 Å². The molecule has 0 aromatic carbocycles. The average Bonchev–Trinajstić information content (AvgIpc) is 2.53. The van der Waals surface area contributed by atoms with Gasteiger partial charge < -0.3 is 5.32 Å². The van der Waals surface area contributed by atoms with Crippen LogP contribution >= 0.6 is 11.8 Å². The topological polar surface area (TPSA) is 12.0 Å². The molecule has 0 radical (unpaired) electrons. The van der Waals surface area contributed by atoms with Gasteiger partial charge in [0, 0.05) is 11.3 Å². The maximum atomic E-state index is 3.93. The van der Waals surface area contributed by atoms with E-state index in [0.717, 1.165) is 24.3 Å². The Kier molecular flexibility index (Phi) is 5.64. The summed E-state index contributed by atoms with van der Waals surface area (Å²) in [6, 6.07) is 0.763. The molecule has 0 bridgehead atoms. The van der Waals surface area contributed by atoms with E-state index >= 15 is 0 Å². The first-order valence-corrected chi connectivity index (χ1v) is 6.78. The van der Waals surface area contributed by atoms with Crippen LogP contribution in [0.2, 0.25) is 0 Å². The minimum atomic E-state index is 0.763. The fraction of sp³-hybridized carbons (Fsp3) is 0.833. The Labute approximate surface area is 92.7 Å². The average molecular weight is 213 g/mol. The molecule has 2 atom stereocenters. The summed E-state index contributed by atoms with van der Waals surface area (Å²) in [6.07, 6.45) is 5.31. The van der Waals surface area contributed by atoms with Gasteiger partial charge in [-0.1, -0.05) is 18.9 Å². The Hall–Kier alpha value is 0.0500. The number of hydrogen-bond donors (Lipinski definition) is 1. The van der Waals surface area contributed by atoms with Crippen molar-refractivity contribution >= 4 is 11.8 Å². The monoisotopic (exact) mass is 213 g/mol. The minimum Gasteiger partial charge on any atom is -0.313 e. The summed E-state index contributed by atoms with van der Waals surface area (Å²) in [7, 11) is 0. The normalized spacial score (nSPS) is 26.7. The Morgan fingerprint density at radius 3 is 2.93 bits per heavy atom. The number of rotatable bonds is 6. The van der Waals surface area contributed by atoms with E-state index in [1.807, 2.05) is 0 Å². The van der Waals surface area contributed by atoms with Gasteiger partial charge in [0.1, 0.15) is 0 Å². The maximum Gasteiger partial charge on any atom is 0.0201 e. The van der Waals surface area contributed by atoms with Gasteiger partial charge in [-0.3, -0.25) is 0 Å². The third kappa shape index (κ3) is 4.05. The zero-order chi connectivity index (χ0) is 10.4. The van der Waals surface area contributed by atoms with E-state index in [1.54, 1.807) is 0 Å². The quantitative estimate of drug-likeness (QED) is 0.680. The molecule has 0 aliphatic heterocycles. The van der Waals surface area contributed by atoms with Crippen molar-refractivity contribution in [2.75, 3.05) is 12.3 Å². The number of thioether (sulfide) groups is 1. The number of hydrogen-bond acceptors (Lipinski definition) is 2. The summed E-state index contributed by atoms with van der Waals surface area (Å²) < 4.78 is 0. The van der Waals surface area contributed by atoms with E-state index in [-0.39, 0.29) is 0 Å². The summed E-state index contributed by atoms with van der Waals surface area (Å²) in [4.78, 5) is 0. The van der Waals surface area contributed by atoms with Crippen LogP contribution in [0.5, 0.6) is 0 Å². The standard InChI is InChI=1S/C12H23NS/c1-4-14-12-7-5-6-11(12)13-9-8-10(2)3/h11-13H,2,4-9H2,1,3H3. The highest BCUT2D eigenvalue weighted by molar-refractivity contribution is 7.99. The maximum absolute atomic E-state index is 3.93. The van der Waals surface area contributed by atoms with E-state index in [4.69, 9.17) is 0 Å². The Balaban J connectivity index is 2.18. The Bertz CT molecular complexity index is 179. The van der Waals surface area contributed by atoms with E-state index in [0.29, 0.717) is 0 Å². The smallest absolute Gasteiger partial charge is 0.0201 e. The van der Waals surface area contributed by atoms with Crippen molar-refractivity contribution in [1.29, 1.82) is 0 Å². The molecule has 1 N–H and O–H groups in total. The predicted octanol–water partition coefficient (Wildman–Crippen LogP) is 3.22. The van der Waals surface area contributed by atoms with Crippen LogP contribution in [0.15, 0.2) is 12.2 Å². The fourth-order valence-electron chi connectivity index (χ4n) is 2.04. The largest absolute Gasteiger partial charge is 0.313 e. The van der Waals surface area contributed by atoms with Gasteiger partial charge in [-0.2, -0.15) is 11.8 Å². The summed E-state index contributed by atoms with van der Waals surface area (Å²) in [5.41, 5.74) is 1.29. The minimum absolute atomic E-state index is 0.763. The van der Waals surface area contributed by atoms with Crippen LogP contribution in [-0.4, -0.2) is 23.6 Å². The van der Waals surface area contributed by atoms with Gasteiger partial charge in [0.15, 0.2) is 0 Å². The second kappa shape index (κ2) is 6.52. The first-order valence-electron chi connectivity index (χ1n) is 5.73. The highest BCUT2D eigenvalue weighted by atomic mass is 32.2. The van der Waals surface area contributed by atoms with Gasteiger partial charge in [-0.05, 0) is 38.5 Å². The summed E-state index contributed by atoms with van der Waals surface area (Å²) >= 11 is 2.12. The van der Waals surface area contributed by atoms with Crippen LogP contribution in [0, 0.1) is 0 Å². The highest BCUT2D eigenvalue weighted by Gasteiger charge is 2.26. The Morgan fingerprint density at radius 1 is 1.50 bits per heavy atom. The van der Waals surface area contributed by atoms with Gasteiger partial charge in [-0.25, -0.2) is 0 Å². The Morgan fingerprint density at radius 2 is 2.29 bits per heavy atom. The van der Waals surface area contributed by atoms with Crippen molar-refractivity contribution in [3.05, 3.63) is 12.2 Å². The molecule has 0 spiro atoms. The van der Waals surface area contributed by atoms with Crippen LogP contribution in [0.1, 0.15) is 39.5 Å². The summed E-state index contributed by atoms with van der Waals surface area (Å²) in [6.45, 7) is 9.40. The van der Waals surface area contributed by atoms with Crippen molar-refractivity contribution in [2.24, 2.45) is 0 Å². The van der Waals surface area contributed by atoms with Gasteiger partial charge in [0.05, 0.1) is 0 Å². The lowest BCUT2D eigenvalue weighted by atomic mass is 10.2. The molecule has 0 heterocycles. The van der Waals surface area contributed by atoms with Crippen molar-refractivity contribution in [2.45, 2.75) is 50.8 Å². The van der Waals surface area contributed by atoms with Crippen LogP contribution in [-0.2, 0) is 0 Å². The van der Waals surface area contributed by atoms with E-state index in [9.17, 15) is 0 Å². The van der Waals surface area contributed by atoms with Gasteiger partial charge in [-0.15, -0.1) is 6.58 Å². The molecule has 14 heavy (non-hydrogen) atoms. The van der Waals surface area contributed by atoms with Gasteiger partial charge >= 0.3 is 0 Å². The summed E-state index contributed by atoms with van der Waals surface area (Å²) in [5.74, 6) is 1.25. The first kappa shape index (κ1) is 12.1. The van der Waals surface area contributed by atoms with Crippen LogP contribution in [0.25, 0.3) is 0 Å². The lowest BCUT2D eigenvalue weighted by Crippen LogP contribution is -2.34. The summed E-state index contributed by atoms with van der Waals surface area (Å²) in [5, 5.41) is 4.53.